The number of benzene rings is 8. The maximum absolute atomic E-state index is 6.95. The summed E-state index contributed by atoms with van der Waals surface area (Å²) in [5.74, 6) is 1.83. The van der Waals surface area contributed by atoms with Crippen LogP contribution in [0.5, 0.6) is 0 Å². The predicted molar refractivity (Wildman–Crippen MR) is 225 cm³/mol. The molecule has 0 fully saturated rings. The van der Waals surface area contributed by atoms with Gasteiger partial charge in [0.25, 0.3) is 0 Å². The Kier molecular flexibility index (Phi) is 7.00. The minimum Gasteiger partial charge on any atom is -0.455 e. The van der Waals surface area contributed by atoms with Crippen molar-refractivity contribution in [3.8, 4) is 56.4 Å². The van der Waals surface area contributed by atoms with Gasteiger partial charge in [-0.15, -0.1) is 11.3 Å². The second-order valence-corrected chi connectivity index (χ2v) is 14.6. The largest absolute Gasteiger partial charge is 0.455 e. The summed E-state index contributed by atoms with van der Waals surface area (Å²) < 4.78 is 9.50. The molecular weight excluding hydrogens is 679 g/mol. The van der Waals surface area contributed by atoms with Gasteiger partial charge in [-0.05, 0) is 34.0 Å². The van der Waals surface area contributed by atoms with Crippen molar-refractivity contribution in [2.24, 2.45) is 0 Å². The number of aromatic nitrogens is 3. The van der Waals surface area contributed by atoms with E-state index in [9.17, 15) is 0 Å². The lowest BCUT2D eigenvalue weighted by Gasteiger charge is -2.11. The van der Waals surface area contributed by atoms with Gasteiger partial charge in [0.2, 0.25) is 0 Å². The smallest absolute Gasteiger partial charge is 0.164 e. The first-order valence-electron chi connectivity index (χ1n) is 18.0. The number of rotatable bonds is 5. The zero-order valence-corrected chi connectivity index (χ0v) is 29.7. The third kappa shape index (κ3) is 4.94. The Morgan fingerprint density at radius 1 is 0.370 bits per heavy atom. The first-order valence-corrected chi connectivity index (χ1v) is 18.8. The van der Waals surface area contributed by atoms with Crippen LogP contribution in [0.2, 0.25) is 0 Å². The summed E-state index contributed by atoms with van der Waals surface area (Å²) in [4.78, 5) is 15.3. The van der Waals surface area contributed by atoms with E-state index < -0.39 is 0 Å². The number of fused-ring (bicyclic) bond motifs is 8. The lowest BCUT2D eigenvalue weighted by atomic mass is 9.96. The molecule has 5 heteroatoms. The first kappa shape index (κ1) is 30.7. The molecule has 0 radical (unpaired) electrons. The zero-order chi connectivity index (χ0) is 35.6. The third-order valence-corrected chi connectivity index (χ3v) is 11.6. The second-order valence-electron chi connectivity index (χ2n) is 13.5. The molecule has 8 aromatic carbocycles. The van der Waals surface area contributed by atoms with Crippen molar-refractivity contribution in [3.05, 3.63) is 176 Å². The van der Waals surface area contributed by atoms with Gasteiger partial charge < -0.3 is 4.42 Å². The first-order chi connectivity index (χ1) is 26.8. The Labute approximate surface area is 314 Å². The minimum absolute atomic E-state index is 0.597. The lowest BCUT2D eigenvalue weighted by Crippen LogP contribution is -2.00. The highest BCUT2D eigenvalue weighted by molar-refractivity contribution is 7.26. The Morgan fingerprint density at radius 3 is 1.67 bits per heavy atom. The van der Waals surface area contributed by atoms with Gasteiger partial charge in [0, 0.05) is 58.8 Å². The number of para-hydroxylation sites is 1. The van der Waals surface area contributed by atoms with Crippen molar-refractivity contribution in [2.45, 2.75) is 0 Å². The van der Waals surface area contributed by atoms with Gasteiger partial charge in [-0.1, -0.05) is 164 Å². The molecule has 4 nitrogen and oxygen atoms in total. The number of nitrogens with zero attached hydrogens (tertiary/aromatic N) is 3. The molecule has 0 spiro atoms. The average molecular weight is 708 g/mol. The molecule has 0 aliphatic heterocycles. The van der Waals surface area contributed by atoms with Crippen molar-refractivity contribution >= 4 is 64.2 Å². The van der Waals surface area contributed by atoms with Crippen LogP contribution in [-0.2, 0) is 0 Å². The summed E-state index contributed by atoms with van der Waals surface area (Å²) in [7, 11) is 0. The van der Waals surface area contributed by atoms with E-state index in [1.54, 1.807) is 0 Å². The van der Waals surface area contributed by atoms with Gasteiger partial charge in [-0.2, -0.15) is 0 Å². The highest BCUT2D eigenvalue weighted by Gasteiger charge is 2.21. The average Bonchev–Trinajstić information content (AvgIpc) is 3.83. The quantitative estimate of drug-likeness (QED) is 0.179. The second kappa shape index (κ2) is 12.3. The van der Waals surface area contributed by atoms with E-state index >= 15 is 0 Å². The van der Waals surface area contributed by atoms with Crippen molar-refractivity contribution in [1.82, 2.24) is 15.0 Å². The highest BCUT2D eigenvalue weighted by Crippen LogP contribution is 2.45. The van der Waals surface area contributed by atoms with Gasteiger partial charge in [-0.3, -0.25) is 0 Å². The standard InChI is InChI=1S/C49H29N3OS/c1-3-13-30(14-4-1)31-25-27-33(28-26-31)48-50-47(32-15-5-2-6-16-32)51-49(52-48)41-29-42-44(36-19-8-7-17-34(36)41)40-23-11-20-37(45(40)53-42)39-22-12-21-38-35-18-9-10-24-43(35)54-46(38)39/h1-29H. The SMILES string of the molecule is c1ccc(-c2ccc(-c3nc(-c4ccccc4)nc(-c4cc5oc6c(-c7cccc8c7sc7ccccc78)cccc6c5c5ccccc45)n3)cc2)cc1. The van der Waals surface area contributed by atoms with E-state index in [-0.39, 0.29) is 0 Å². The third-order valence-electron chi connectivity index (χ3n) is 10.4. The Bertz CT molecular complexity index is 3200. The van der Waals surface area contributed by atoms with Crippen LogP contribution < -0.4 is 0 Å². The van der Waals surface area contributed by atoms with Gasteiger partial charge >= 0.3 is 0 Å². The molecule has 11 rings (SSSR count). The zero-order valence-electron chi connectivity index (χ0n) is 28.9. The van der Waals surface area contributed by atoms with Crippen molar-refractivity contribution < 1.29 is 4.42 Å². The molecule has 3 aromatic heterocycles. The normalized spacial score (nSPS) is 11.7. The van der Waals surface area contributed by atoms with Gasteiger partial charge in [-0.25, -0.2) is 15.0 Å². The molecule has 11 aromatic rings. The van der Waals surface area contributed by atoms with E-state index in [2.05, 4.69) is 140 Å². The fraction of sp³-hybridized carbons (Fsp3) is 0. The van der Waals surface area contributed by atoms with Crippen LogP contribution in [0, 0.1) is 0 Å². The molecule has 252 valence electrons. The predicted octanol–water partition coefficient (Wildman–Crippen LogP) is 13.6. The molecule has 0 aliphatic carbocycles. The molecule has 0 unspecified atom stereocenters. The van der Waals surface area contributed by atoms with E-state index in [1.165, 1.54) is 31.3 Å². The van der Waals surface area contributed by atoms with Gasteiger partial charge in [0.05, 0.1) is 0 Å². The summed E-state index contributed by atoms with van der Waals surface area (Å²) in [6.07, 6.45) is 0. The van der Waals surface area contributed by atoms with Gasteiger partial charge in [0.15, 0.2) is 17.5 Å². The Balaban J connectivity index is 1.13. The maximum Gasteiger partial charge on any atom is 0.164 e. The molecular formula is C49H29N3OS. The molecule has 54 heavy (non-hydrogen) atoms. The van der Waals surface area contributed by atoms with Crippen molar-refractivity contribution in [1.29, 1.82) is 0 Å². The van der Waals surface area contributed by atoms with Gasteiger partial charge in [0.1, 0.15) is 11.2 Å². The fourth-order valence-corrected chi connectivity index (χ4v) is 9.03. The van der Waals surface area contributed by atoms with Crippen molar-refractivity contribution in [2.75, 3.05) is 0 Å². The summed E-state index contributed by atoms with van der Waals surface area (Å²) in [5, 5.41) is 6.87. The van der Waals surface area contributed by atoms with E-state index in [0.717, 1.165) is 60.5 Å². The Hall–Kier alpha value is -6.95. The summed E-state index contributed by atoms with van der Waals surface area (Å²) in [6.45, 7) is 0. The monoisotopic (exact) mass is 707 g/mol. The topological polar surface area (TPSA) is 51.8 Å². The molecule has 3 heterocycles. The maximum atomic E-state index is 6.95. The highest BCUT2D eigenvalue weighted by atomic mass is 32.1. The lowest BCUT2D eigenvalue weighted by molar-refractivity contribution is 0.670. The van der Waals surface area contributed by atoms with Crippen LogP contribution in [0.25, 0.3) is 109 Å². The summed E-state index contributed by atoms with van der Waals surface area (Å²) in [6, 6.07) is 61.3. The number of thiophene rings is 1. The van der Waals surface area contributed by atoms with Crippen LogP contribution >= 0.6 is 11.3 Å². The van der Waals surface area contributed by atoms with Crippen LogP contribution in [0.15, 0.2) is 180 Å². The molecule has 0 atom stereocenters. The molecule has 0 N–H and O–H groups in total. The summed E-state index contributed by atoms with van der Waals surface area (Å²) >= 11 is 1.84. The van der Waals surface area contributed by atoms with Crippen LogP contribution in [-0.4, -0.2) is 15.0 Å². The molecule has 0 saturated carbocycles. The number of furan rings is 1. The van der Waals surface area contributed by atoms with E-state index in [0.29, 0.717) is 17.5 Å². The minimum atomic E-state index is 0.597. The van der Waals surface area contributed by atoms with Crippen LogP contribution in [0.4, 0.5) is 0 Å². The molecule has 0 amide bonds. The van der Waals surface area contributed by atoms with E-state index in [4.69, 9.17) is 19.4 Å². The molecule has 0 bridgehead atoms. The van der Waals surface area contributed by atoms with E-state index in [1.807, 2.05) is 47.7 Å². The Morgan fingerprint density at radius 2 is 0.907 bits per heavy atom. The number of hydrogen-bond donors (Lipinski definition) is 0. The molecule has 0 saturated heterocycles. The summed E-state index contributed by atoms with van der Waals surface area (Å²) in [5.41, 5.74) is 8.98. The fourth-order valence-electron chi connectivity index (χ4n) is 7.80. The van der Waals surface area contributed by atoms with Crippen molar-refractivity contribution in [3.63, 3.8) is 0 Å². The molecule has 0 aliphatic rings. The van der Waals surface area contributed by atoms with Crippen LogP contribution in [0.3, 0.4) is 0 Å². The number of hydrogen-bond acceptors (Lipinski definition) is 5. The van der Waals surface area contributed by atoms with Crippen LogP contribution in [0.1, 0.15) is 0 Å².